The molecule has 0 aromatic rings. The highest BCUT2D eigenvalue weighted by Crippen LogP contribution is 1.82. The van der Waals surface area contributed by atoms with Crippen LogP contribution in [0.25, 0.3) is 0 Å². The number of hydrogen-bond donors (Lipinski definition) is 2. The Morgan fingerprint density at radius 1 is 1.55 bits per heavy atom. The predicted molar refractivity (Wildman–Crippen MR) is 48.9 cm³/mol. The number of carbonyl (C=O) groups is 1. The van der Waals surface area contributed by atoms with Gasteiger partial charge in [-0.25, -0.2) is 0 Å². The van der Waals surface area contributed by atoms with Gasteiger partial charge in [-0.3, -0.25) is 4.79 Å². The Morgan fingerprint density at radius 2 is 2.09 bits per heavy atom. The summed E-state index contributed by atoms with van der Waals surface area (Å²) in [4.78, 5) is 10.4. The third-order valence-corrected chi connectivity index (χ3v) is 1.01. The van der Waals surface area contributed by atoms with Crippen molar-refractivity contribution in [2.75, 3.05) is 0 Å². The van der Waals surface area contributed by atoms with Gasteiger partial charge < -0.3 is 10.6 Å². The van der Waals surface area contributed by atoms with Crippen molar-refractivity contribution in [3.05, 3.63) is 24.9 Å². The van der Waals surface area contributed by atoms with Crippen molar-refractivity contribution in [2.45, 2.75) is 6.92 Å². The largest absolute Gasteiger partial charge is 0.333 e. The summed E-state index contributed by atoms with van der Waals surface area (Å²) in [7, 11) is 0. The van der Waals surface area contributed by atoms with E-state index < -0.39 is 0 Å². The Morgan fingerprint density at radius 3 is 2.45 bits per heavy atom. The maximum absolute atomic E-state index is 10.4. The van der Waals surface area contributed by atoms with Crippen LogP contribution in [0.1, 0.15) is 6.92 Å². The summed E-state index contributed by atoms with van der Waals surface area (Å²) in [5.41, 5.74) is 0.559. The summed E-state index contributed by atoms with van der Waals surface area (Å²) in [6.07, 6.45) is 1.51. The van der Waals surface area contributed by atoms with Crippen LogP contribution in [-0.4, -0.2) is 11.0 Å². The van der Waals surface area contributed by atoms with Crippen molar-refractivity contribution in [2.24, 2.45) is 0 Å². The third kappa shape index (κ3) is 5.29. The topological polar surface area (TPSA) is 41.1 Å². The minimum atomic E-state index is -0.209. The van der Waals surface area contributed by atoms with Crippen LogP contribution in [0.3, 0.4) is 0 Å². The zero-order valence-electron chi connectivity index (χ0n) is 6.31. The van der Waals surface area contributed by atoms with Gasteiger partial charge in [0.1, 0.15) is 0 Å². The van der Waals surface area contributed by atoms with Crippen LogP contribution in [0.4, 0.5) is 0 Å². The Labute approximate surface area is 71.2 Å². The maximum atomic E-state index is 10.4. The highest BCUT2D eigenvalue weighted by atomic mass is 32.1. The van der Waals surface area contributed by atoms with Crippen molar-refractivity contribution in [1.82, 2.24) is 10.6 Å². The molecule has 0 saturated heterocycles. The molecule has 0 aliphatic carbocycles. The smallest absolute Gasteiger partial charge is 0.222 e. The van der Waals surface area contributed by atoms with E-state index in [1.54, 1.807) is 0 Å². The molecule has 0 unspecified atom stereocenters. The van der Waals surface area contributed by atoms with Gasteiger partial charge in [0.25, 0.3) is 0 Å². The summed E-state index contributed by atoms with van der Waals surface area (Å²) in [5.74, 6) is -0.209. The SMILES string of the molecule is C=CC(=C)NC(=S)NC(C)=O. The molecule has 0 aliphatic rings. The van der Waals surface area contributed by atoms with E-state index in [4.69, 9.17) is 12.2 Å². The number of carbonyl (C=O) groups excluding carboxylic acids is 1. The first-order chi connectivity index (χ1) is 5.06. The Hall–Kier alpha value is -1.16. The monoisotopic (exact) mass is 170 g/mol. The lowest BCUT2D eigenvalue weighted by Gasteiger charge is -2.06. The van der Waals surface area contributed by atoms with E-state index >= 15 is 0 Å². The molecule has 0 saturated carbocycles. The standard InChI is InChI=1S/C7H10N2OS/c1-4-5(2)8-7(11)9-6(3)10/h4H,1-2H2,3H3,(H2,8,9,10,11). The summed E-state index contributed by atoms with van der Waals surface area (Å²) in [5, 5.41) is 5.27. The van der Waals surface area contributed by atoms with Gasteiger partial charge in [0, 0.05) is 12.6 Å². The number of nitrogens with one attached hydrogen (secondary N) is 2. The lowest BCUT2D eigenvalue weighted by Crippen LogP contribution is -2.36. The van der Waals surface area contributed by atoms with Crippen molar-refractivity contribution in [3.8, 4) is 0 Å². The van der Waals surface area contributed by atoms with Gasteiger partial charge in [0.15, 0.2) is 5.11 Å². The fraction of sp³-hybridized carbons (Fsp3) is 0.143. The van der Waals surface area contributed by atoms with Gasteiger partial charge in [-0.15, -0.1) is 0 Å². The molecule has 0 fully saturated rings. The molecule has 1 amide bonds. The van der Waals surface area contributed by atoms with Crippen molar-refractivity contribution >= 4 is 23.2 Å². The van der Waals surface area contributed by atoms with Gasteiger partial charge in [0.2, 0.25) is 5.91 Å². The third-order valence-electron chi connectivity index (χ3n) is 0.810. The van der Waals surface area contributed by atoms with E-state index in [2.05, 4.69) is 23.8 Å². The molecular formula is C7H10N2OS. The highest BCUT2D eigenvalue weighted by molar-refractivity contribution is 7.80. The van der Waals surface area contributed by atoms with Crippen LogP contribution in [0, 0.1) is 0 Å². The van der Waals surface area contributed by atoms with Gasteiger partial charge in [-0.1, -0.05) is 13.2 Å². The first-order valence-electron chi connectivity index (χ1n) is 2.96. The second-order valence-corrected chi connectivity index (χ2v) is 2.27. The van der Waals surface area contributed by atoms with Crippen molar-refractivity contribution < 1.29 is 4.79 Å². The van der Waals surface area contributed by atoms with E-state index in [1.165, 1.54) is 13.0 Å². The first kappa shape index (κ1) is 9.84. The van der Waals surface area contributed by atoms with E-state index in [0.29, 0.717) is 5.70 Å². The van der Waals surface area contributed by atoms with Crippen LogP contribution in [-0.2, 0) is 4.79 Å². The molecule has 0 bridgehead atoms. The molecule has 0 rings (SSSR count). The second-order valence-electron chi connectivity index (χ2n) is 1.86. The predicted octanol–water partition coefficient (Wildman–Crippen LogP) is 0.697. The maximum Gasteiger partial charge on any atom is 0.222 e. The molecule has 0 atom stereocenters. The van der Waals surface area contributed by atoms with Gasteiger partial charge in [0.05, 0.1) is 0 Å². The number of amides is 1. The van der Waals surface area contributed by atoms with E-state index in [1.807, 2.05) is 0 Å². The van der Waals surface area contributed by atoms with Crippen LogP contribution in [0.15, 0.2) is 24.9 Å². The summed E-state index contributed by atoms with van der Waals surface area (Å²) >= 11 is 4.72. The van der Waals surface area contributed by atoms with Crippen LogP contribution in [0.5, 0.6) is 0 Å². The van der Waals surface area contributed by atoms with Crippen molar-refractivity contribution in [1.29, 1.82) is 0 Å². The molecule has 4 heteroatoms. The number of rotatable bonds is 2. The molecule has 3 nitrogen and oxygen atoms in total. The molecule has 0 spiro atoms. The first-order valence-corrected chi connectivity index (χ1v) is 3.37. The molecule has 60 valence electrons. The van der Waals surface area contributed by atoms with Crippen molar-refractivity contribution in [3.63, 3.8) is 0 Å². The van der Waals surface area contributed by atoms with Gasteiger partial charge >= 0.3 is 0 Å². The minimum Gasteiger partial charge on any atom is -0.333 e. The minimum absolute atomic E-state index is 0.209. The van der Waals surface area contributed by atoms with E-state index in [0.717, 1.165) is 0 Å². The average molecular weight is 170 g/mol. The molecule has 0 aromatic heterocycles. The Balaban J connectivity index is 3.78. The molecule has 0 aromatic carbocycles. The van der Waals surface area contributed by atoms with Crippen LogP contribution >= 0.6 is 12.2 Å². The fourth-order valence-corrected chi connectivity index (χ4v) is 0.663. The molecule has 0 radical (unpaired) electrons. The normalized spacial score (nSPS) is 8.09. The van der Waals surface area contributed by atoms with E-state index in [9.17, 15) is 4.79 Å². The average Bonchev–Trinajstić information content (AvgIpc) is 1.85. The van der Waals surface area contributed by atoms with Crippen LogP contribution in [0.2, 0.25) is 0 Å². The lowest BCUT2D eigenvalue weighted by atomic mass is 10.5. The summed E-state index contributed by atoms with van der Waals surface area (Å²) in [6, 6.07) is 0. The molecule has 11 heavy (non-hydrogen) atoms. The Bertz CT molecular complexity index is 210. The highest BCUT2D eigenvalue weighted by Gasteiger charge is 1.96. The fourth-order valence-electron chi connectivity index (χ4n) is 0.388. The molecule has 2 N–H and O–H groups in total. The zero-order chi connectivity index (χ0) is 8.85. The number of hydrogen-bond acceptors (Lipinski definition) is 2. The van der Waals surface area contributed by atoms with Crippen LogP contribution < -0.4 is 10.6 Å². The quantitative estimate of drug-likeness (QED) is 0.473. The summed E-state index contributed by atoms with van der Waals surface area (Å²) in [6.45, 7) is 8.39. The van der Waals surface area contributed by atoms with E-state index in [-0.39, 0.29) is 11.0 Å². The molecule has 0 aliphatic heterocycles. The molecular weight excluding hydrogens is 160 g/mol. The zero-order valence-corrected chi connectivity index (χ0v) is 7.12. The number of allylic oxidation sites excluding steroid dienone is 1. The van der Waals surface area contributed by atoms with Gasteiger partial charge in [-0.05, 0) is 18.3 Å². The Kier molecular flexibility index (Phi) is 4.14. The molecule has 0 heterocycles. The number of thiocarbonyl (C=S) groups is 1. The second kappa shape index (κ2) is 4.62. The van der Waals surface area contributed by atoms with Gasteiger partial charge in [-0.2, -0.15) is 0 Å². The summed E-state index contributed by atoms with van der Waals surface area (Å²) < 4.78 is 0. The lowest BCUT2D eigenvalue weighted by molar-refractivity contribution is -0.117.